The van der Waals surface area contributed by atoms with Crippen LogP contribution in [0, 0.1) is 5.92 Å². The molecule has 112 valence electrons. The Kier molecular flexibility index (Phi) is 3.50. The second kappa shape index (κ2) is 5.33. The Morgan fingerprint density at radius 2 is 2.05 bits per heavy atom. The fraction of sp³-hybridized carbons (Fsp3) is 0.500. The highest BCUT2D eigenvalue weighted by molar-refractivity contribution is 5.97. The maximum atomic E-state index is 12.2. The number of carbonyl (C=O) groups excluding carboxylic acids is 1. The summed E-state index contributed by atoms with van der Waals surface area (Å²) in [6, 6.07) is 1.19. The average molecular weight is 291 g/mol. The van der Waals surface area contributed by atoms with Crippen molar-refractivity contribution in [3.63, 3.8) is 0 Å². The molecule has 0 spiro atoms. The number of aromatic nitrogens is 1. The molecule has 0 unspecified atom stereocenters. The van der Waals surface area contributed by atoms with Gasteiger partial charge in [0.05, 0.1) is 6.20 Å². The van der Waals surface area contributed by atoms with Gasteiger partial charge in [0.15, 0.2) is 0 Å². The van der Waals surface area contributed by atoms with Crippen molar-refractivity contribution in [3.8, 4) is 5.75 Å². The number of carbonyl (C=O) groups is 2. The second-order valence-electron chi connectivity index (χ2n) is 5.61. The average Bonchev–Trinajstić information content (AvgIpc) is 2.48. The van der Waals surface area contributed by atoms with E-state index in [9.17, 15) is 14.7 Å². The van der Waals surface area contributed by atoms with Crippen LogP contribution >= 0.6 is 0 Å². The first-order valence-electron chi connectivity index (χ1n) is 7.00. The number of carboxylic acid groups (broad SMARTS) is 1. The van der Waals surface area contributed by atoms with E-state index in [0.29, 0.717) is 5.92 Å². The zero-order valence-corrected chi connectivity index (χ0v) is 11.5. The quantitative estimate of drug-likeness (QED) is 0.740. The van der Waals surface area contributed by atoms with Gasteiger partial charge in [0.2, 0.25) is 0 Å². The molecule has 1 atom stereocenters. The molecule has 1 aromatic rings. The topological polar surface area (TPSA) is 103 Å². The summed E-state index contributed by atoms with van der Waals surface area (Å²) in [6.07, 6.45) is 3.15. The van der Waals surface area contributed by atoms with Crippen LogP contribution in [-0.4, -0.2) is 57.6 Å². The van der Waals surface area contributed by atoms with Crippen molar-refractivity contribution in [1.82, 2.24) is 15.2 Å². The lowest BCUT2D eigenvalue weighted by atomic mass is 9.84. The number of piperidine rings is 3. The minimum absolute atomic E-state index is 0.0154. The summed E-state index contributed by atoms with van der Waals surface area (Å²) >= 11 is 0. The Labute approximate surface area is 121 Å². The monoisotopic (exact) mass is 291 g/mol. The molecule has 3 aliphatic rings. The number of rotatable bonds is 3. The van der Waals surface area contributed by atoms with Gasteiger partial charge >= 0.3 is 5.97 Å². The van der Waals surface area contributed by atoms with Gasteiger partial charge < -0.3 is 20.4 Å². The molecule has 4 heterocycles. The third kappa shape index (κ3) is 2.69. The Balaban J connectivity index is 1.74. The van der Waals surface area contributed by atoms with E-state index in [4.69, 9.17) is 5.11 Å². The molecule has 3 fully saturated rings. The van der Waals surface area contributed by atoms with E-state index in [-0.39, 0.29) is 17.3 Å². The first-order valence-corrected chi connectivity index (χ1v) is 7.00. The van der Waals surface area contributed by atoms with E-state index >= 15 is 0 Å². The molecule has 0 saturated carbocycles. The summed E-state index contributed by atoms with van der Waals surface area (Å²) in [6.45, 7) is 3.00. The standard InChI is InChI=1S/C14H17N3O4/c18-12-6-15-10(5-9(12)14(20)21)13(19)16-11-7-17-3-1-8(11)2-4-17/h5-6,8,11,18H,1-4,7H2,(H,16,19)(H,20,21)/t11-/m0/s1. The molecule has 3 N–H and O–H groups in total. The van der Waals surface area contributed by atoms with E-state index in [2.05, 4.69) is 15.2 Å². The number of amides is 1. The summed E-state index contributed by atoms with van der Waals surface area (Å²) in [5, 5.41) is 21.3. The molecule has 1 aromatic heterocycles. The van der Waals surface area contributed by atoms with Gasteiger partial charge in [-0.25, -0.2) is 9.78 Å². The van der Waals surface area contributed by atoms with Gasteiger partial charge in [0.25, 0.3) is 5.91 Å². The largest absolute Gasteiger partial charge is 0.505 e. The van der Waals surface area contributed by atoms with Crippen LogP contribution in [0.3, 0.4) is 0 Å². The third-order valence-corrected chi connectivity index (χ3v) is 4.32. The van der Waals surface area contributed by atoms with Gasteiger partial charge in [-0.05, 0) is 37.9 Å². The number of aromatic carboxylic acids is 1. The van der Waals surface area contributed by atoms with Gasteiger partial charge in [0.1, 0.15) is 17.0 Å². The molecule has 0 aromatic carbocycles. The van der Waals surface area contributed by atoms with Crippen LogP contribution < -0.4 is 5.32 Å². The molecule has 4 rings (SSSR count). The van der Waals surface area contributed by atoms with Gasteiger partial charge in [-0.15, -0.1) is 0 Å². The number of hydrogen-bond donors (Lipinski definition) is 3. The van der Waals surface area contributed by atoms with Crippen LogP contribution in [0.5, 0.6) is 5.75 Å². The Hall–Kier alpha value is -2.15. The molecule has 3 saturated heterocycles. The van der Waals surface area contributed by atoms with Crippen molar-refractivity contribution in [2.24, 2.45) is 5.92 Å². The summed E-state index contributed by atoms with van der Waals surface area (Å²) < 4.78 is 0. The highest BCUT2D eigenvalue weighted by atomic mass is 16.4. The Bertz CT molecular complexity index is 582. The molecular weight excluding hydrogens is 274 g/mol. The SMILES string of the molecule is O=C(N[C@H]1CN2CCC1CC2)c1cc(C(=O)O)c(O)cn1. The molecule has 7 nitrogen and oxygen atoms in total. The molecule has 2 bridgehead atoms. The lowest BCUT2D eigenvalue weighted by molar-refractivity contribution is 0.0617. The fourth-order valence-corrected chi connectivity index (χ4v) is 3.11. The predicted molar refractivity (Wildman–Crippen MR) is 73.3 cm³/mol. The second-order valence-corrected chi connectivity index (χ2v) is 5.61. The maximum Gasteiger partial charge on any atom is 0.339 e. The number of aromatic hydroxyl groups is 1. The van der Waals surface area contributed by atoms with Crippen molar-refractivity contribution < 1.29 is 19.8 Å². The zero-order valence-electron chi connectivity index (χ0n) is 11.5. The lowest BCUT2D eigenvalue weighted by Crippen LogP contribution is -2.57. The van der Waals surface area contributed by atoms with Crippen LogP contribution in [-0.2, 0) is 0 Å². The number of nitrogens with zero attached hydrogens (tertiary/aromatic N) is 2. The molecule has 0 aliphatic carbocycles. The number of hydrogen-bond acceptors (Lipinski definition) is 5. The number of carboxylic acids is 1. The molecule has 1 amide bonds. The van der Waals surface area contributed by atoms with Gasteiger partial charge in [-0.3, -0.25) is 4.79 Å². The van der Waals surface area contributed by atoms with Crippen molar-refractivity contribution in [2.75, 3.05) is 19.6 Å². The Morgan fingerprint density at radius 1 is 1.33 bits per heavy atom. The van der Waals surface area contributed by atoms with Crippen LogP contribution in [0.2, 0.25) is 0 Å². The summed E-state index contributed by atoms with van der Waals surface area (Å²) in [5.41, 5.74) is -0.300. The van der Waals surface area contributed by atoms with E-state index in [1.807, 2.05) is 0 Å². The first-order chi connectivity index (χ1) is 10.0. The van der Waals surface area contributed by atoms with Crippen LogP contribution in [0.15, 0.2) is 12.3 Å². The zero-order chi connectivity index (χ0) is 15.0. The predicted octanol–water partition coefficient (Wildman–Crippen LogP) is 0.309. The minimum atomic E-state index is -1.29. The van der Waals surface area contributed by atoms with Crippen molar-refractivity contribution in [1.29, 1.82) is 0 Å². The summed E-state index contributed by atoms with van der Waals surface area (Å²) in [7, 11) is 0. The van der Waals surface area contributed by atoms with Gasteiger partial charge in [-0.2, -0.15) is 0 Å². The van der Waals surface area contributed by atoms with E-state index in [1.54, 1.807) is 0 Å². The normalized spacial score (nSPS) is 27.3. The number of fused-ring (bicyclic) bond motifs is 3. The van der Waals surface area contributed by atoms with Crippen LogP contribution in [0.25, 0.3) is 0 Å². The Morgan fingerprint density at radius 3 is 2.62 bits per heavy atom. The smallest absolute Gasteiger partial charge is 0.339 e. The molecular formula is C14H17N3O4. The first kappa shape index (κ1) is 13.8. The molecule has 21 heavy (non-hydrogen) atoms. The van der Waals surface area contributed by atoms with E-state index < -0.39 is 17.6 Å². The summed E-state index contributed by atoms with van der Waals surface area (Å²) in [4.78, 5) is 29.3. The molecule has 7 heteroatoms. The highest BCUT2D eigenvalue weighted by Gasteiger charge is 2.35. The lowest BCUT2D eigenvalue weighted by Gasteiger charge is -2.44. The van der Waals surface area contributed by atoms with Crippen LogP contribution in [0.4, 0.5) is 0 Å². The third-order valence-electron chi connectivity index (χ3n) is 4.32. The minimum Gasteiger partial charge on any atom is -0.505 e. The molecule has 3 aliphatic heterocycles. The van der Waals surface area contributed by atoms with Crippen molar-refractivity contribution >= 4 is 11.9 Å². The summed E-state index contributed by atoms with van der Waals surface area (Å²) in [5.74, 6) is -1.64. The van der Waals surface area contributed by atoms with Gasteiger partial charge in [0, 0.05) is 12.6 Å². The van der Waals surface area contributed by atoms with Crippen molar-refractivity contribution in [2.45, 2.75) is 18.9 Å². The van der Waals surface area contributed by atoms with Gasteiger partial charge in [-0.1, -0.05) is 0 Å². The van der Waals surface area contributed by atoms with Crippen molar-refractivity contribution in [3.05, 3.63) is 23.5 Å². The van der Waals surface area contributed by atoms with E-state index in [0.717, 1.165) is 44.7 Å². The fourth-order valence-electron chi connectivity index (χ4n) is 3.11. The number of pyridine rings is 1. The number of nitrogens with one attached hydrogen (secondary N) is 1. The maximum absolute atomic E-state index is 12.2. The molecule has 0 radical (unpaired) electrons. The highest BCUT2D eigenvalue weighted by Crippen LogP contribution is 2.27. The van der Waals surface area contributed by atoms with E-state index in [1.165, 1.54) is 0 Å². The van der Waals surface area contributed by atoms with Crippen LogP contribution in [0.1, 0.15) is 33.7 Å².